The Morgan fingerprint density at radius 2 is 1.74 bits per heavy atom. The van der Waals surface area contributed by atoms with Gasteiger partial charge in [-0.05, 0) is 29.7 Å². The summed E-state index contributed by atoms with van der Waals surface area (Å²) in [6.45, 7) is 4.32. The van der Waals surface area contributed by atoms with Gasteiger partial charge in [0.25, 0.3) is 11.5 Å². The van der Waals surface area contributed by atoms with E-state index in [0.29, 0.717) is 27.9 Å². The number of benzene rings is 2. The molecular formula is C23H24ClN3O4. The average molecular weight is 442 g/mol. The van der Waals surface area contributed by atoms with Crippen LogP contribution in [0.15, 0.2) is 53.3 Å². The summed E-state index contributed by atoms with van der Waals surface area (Å²) >= 11 is 5.97. The first-order valence-electron chi connectivity index (χ1n) is 9.93. The van der Waals surface area contributed by atoms with Crippen LogP contribution in [0.3, 0.4) is 0 Å². The summed E-state index contributed by atoms with van der Waals surface area (Å²) in [6, 6.07) is 13.1. The normalized spacial score (nSPS) is 12.0. The van der Waals surface area contributed by atoms with E-state index in [1.165, 1.54) is 11.8 Å². The van der Waals surface area contributed by atoms with Gasteiger partial charge in [-0.15, -0.1) is 0 Å². The van der Waals surface area contributed by atoms with Crippen LogP contribution in [0.2, 0.25) is 5.02 Å². The second-order valence-corrected chi connectivity index (χ2v) is 8.07. The molecule has 0 aliphatic heterocycles. The number of aromatic nitrogens is 2. The Morgan fingerprint density at radius 1 is 1.10 bits per heavy atom. The maximum Gasteiger partial charge on any atom is 0.307 e. The second-order valence-electron chi connectivity index (χ2n) is 7.63. The summed E-state index contributed by atoms with van der Waals surface area (Å²) in [7, 11) is 1.29. The number of ether oxygens (including phenoxy) is 1. The highest BCUT2D eigenvalue weighted by atomic mass is 35.5. The van der Waals surface area contributed by atoms with E-state index in [-0.39, 0.29) is 23.6 Å². The van der Waals surface area contributed by atoms with E-state index in [4.69, 9.17) is 16.3 Å². The van der Waals surface area contributed by atoms with Crippen molar-refractivity contribution < 1.29 is 14.3 Å². The summed E-state index contributed by atoms with van der Waals surface area (Å²) in [5.74, 6) is -0.788. The third kappa shape index (κ3) is 5.30. The van der Waals surface area contributed by atoms with E-state index in [2.05, 4.69) is 10.4 Å². The molecular weight excluding hydrogens is 418 g/mol. The molecule has 0 saturated carbocycles. The molecule has 1 unspecified atom stereocenters. The van der Waals surface area contributed by atoms with Gasteiger partial charge >= 0.3 is 5.97 Å². The maximum absolute atomic E-state index is 13.3. The van der Waals surface area contributed by atoms with Gasteiger partial charge in [0.05, 0.1) is 25.0 Å². The first kappa shape index (κ1) is 22.5. The smallest absolute Gasteiger partial charge is 0.307 e. The minimum absolute atomic E-state index is 0.0621. The van der Waals surface area contributed by atoms with Crippen molar-refractivity contribution in [1.29, 1.82) is 0 Å². The summed E-state index contributed by atoms with van der Waals surface area (Å²) in [4.78, 5) is 38.0. The van der Waals surface area contributed by atoms with E-state index in [9.17, 15) is 14.4 Å². The lowest BCUT2D eigenvalue weighted by atomic mass is 10.0. The summed E-state index contributed by atoms with van der Waals surface area (Å²) in [6.07, 6.45) is -0.0621. The third-order valence-corrected chi connectivity index (χ3v) is 5.05. The summed E-state index contributed by atoms with van der Waals surface area (Å²) < 4.78 is 6.10. The van der Waals surface area contributed by atoms with Crippen molar-refractivity contribution in [2.75, 3.05) is 7.11 Å². The minimum atomic E-state index is -0.650. The lowest BCUT2D eigenvalue weighted by Crippen LogP contribution is -2.34. The topological polar surface area (TPSA) is 90.3 Å². The predicted molar refractivity (Wildman–Crippen MR) is 119 cm³/mol. The Hall–Kier alpha value is -3.19. The fourth-order valence-electron chi connectivity index (χ4n) is 3.30. The van der Waals surface area contributed by atoms with Crippen molar-refractivity contribution in [3.63, 3.8) is 0 Å². The lowest BCUT2D eigenvalue weighted by molar-refractivity contribution is -0.141. The van der Waals surface area contributed by atoms with Crippen LogP contribution >= 0.6 is 11.6 Å². The van der Waals surface area contributed by atoms with Crippen LogP contribution in [-0.2, 0) is 16.1 Å². The molecule has 1 aromatic heterocycles. The van der Waals surface area contributed by atoms with Gasteiger partial charge in [0.15, 0.2) is 5.69 Å². The van der Waals surface area contributed by atoms with Crippen LogP contribution < -0.4 is 10.9 Å². The van der Waals surface area contributed by atoms with E-state index >= 15 is 0 Å². The first-order valence-corrected chi connectivity index (χ1v) is 10.3. The van der Waals surface area contributed by atoms with Crippen molar-refractivity contribution in [1.82, 2.24) is 15.1 Å². The van der Waals surface area contributed by atoms with Crippen molar-refractivity contribution >= 4 is 34.2 Å². The van der Waals surface area contributed by atoms with Crippen molar-refractivity contribution in [3.05, 3.63) is 75.2 Å². The third-order valence-electron chi connectivity index (χ3n) is 4.80. The van der Waals surface area contributed by atoms with Gasteiger partial charge in [-0.25, -0.2) is 4.68 Å². The predicted octanol–water partition coefficient (Wildman–Crippen LogP) is 3.74. The average Bonchev–Trinajstić information content (AvgIpc) is 2.75. The quantitative estimate of drug-likeness (QED) is 0.564. The number of fused-ring (bicyclic) bond motifs is 1. The number of esters is 1. The highest BCUT2D eigenvalue weighted by Crippen LogP contribution is 2.22. The summed E-state index contributed by atoms with van der Waals surface area (Å²) in [5, 5.41) is 8.64. The molecule has 0 saturated heterocycles. The fourth-order valence-corrected chi connectivity index (χ4v) is 3.42. The number of nitrogens with zero attached hydrogens (tertiary/aromatic N) is 2. The monoisotopic (exact) mass is 441 g/mol. The zero-order valence-electron chi connectivity index (χ0n) is 17.6. The SMILES string of the molecule is COC(=O)CC(NC(=O)c1nn(CC(C)C)c(=O)c2ccccc12)c1ccc(Cl)cc1. The van der Waals surface area contributed by atoms with Crippen LogP contribution in [0.1, 0.15) is 42.4 Å². The van der Waals surface area contributed by atoms with Gasteiger partial charge in [0.2, 0.25) is 0 Å². The van der Waals surface area contributed by atoms with Gasteiger partial charge in [0, 0.05) is 17.0 Å². The molecule has 7 nitrogen and oxygen atoms in total. The number of hydrogen-bond donors (Lipinski definition) is 1. The highest BCUT2D eigenvalue weighted by molar-refractivity contribution is 6.30. The molecule has 1 heterocycles. The molecule has 1 atom stereocenters. The number of amides is 1. The molecule has 0 radical (unpaired) electrons. The largest absolute Gasteiger partial charge is 0.469 e. The van der Waals surface area contributed by atoms with Crippen molar-refractivity contribution in [2.24, 2.45) is 5.92 Å². The standard InChI is InChI=1S/C23H24ClN3O4/c1-14(2)13-27-23(30)18-7-5-4-6-17(18)21(26-27)22(29)25-19(12-20(28)31-3)15-8-10-16(24)11-9-15/h4-11,14,19H,12-13H2,1-3H3,(H,25,29). The van der Waals surface area contributed by atoms with Crippen LogP contribution in [0, 0.1) is 5.92 Å². The van der Waals surface area contributed by atoms with E-state index < -0.39 is 17.9 Å². The van der Waals surface area contributed by atoms with Crippen molar-refractivity contribution in [3.8, 4) is 0 Å². The van der Waals surface area contributed by atoms with E-state index in [0.717, 1.165) is 0 Å². The molecule has 0 spiro atoms. The van der Waals surface area contributed by atoms with Crippen molar-refractivity contribution in [2.45, 2.75) is 32.9 Å². The van der Waals surface area contributed by atoms with Crippen LogP contribution in [-0.4, -0.2) is 28.8 Å². The molecule has 1 amide bonds. The number of methoxy groups -OCH3 is 1. The van der Waals surface area contributed by atoms with Gasteiger partial charge in [0.1, 0.15) is 0 Å². The molecule has 31 heavy (non-hydrogen) atoms. The fraction of sp³-hybridized carbons (Fsp3) is 0.304. The molecule has 162 valence electrons. The number of carbonyl (C=O) groups is 2. The van der Waals surface area contributed by atoms with Gasteiger partial charge in [-0.1, -0.05) is 55.8 Å². The molecule has 3 aromatic rings. The molecule has 2 aromatic carbocycles. The van der Waals surface area contributed by atoms with E-state index in [1.807, 2.05) is 13.8 Å². The zero-order chi connectivity index (χ0) is 22.5. The molecule has 3 rings (SSSR count). The molecule has 0 aliphatic carbocycles. The molecule has 8 heteroatoms. The molecule has 1 N–H and O–H groups in total. The maximum atomic E-state index is 13.3. The Kier molecular flexibility index (Phi) is 7.07. The Morgan fingerprint density at radius 3 is 2.35 bits per heavy atom. The van der Waals surface area contributed by atoms with Crippen LogP contribution in [0.5, 0.6) is 0 Å². The Balaban J connectivity index is 2.03. The highest BCUT2D eigenvalue weighted by Gasteiger charge is 2.23. The number of nitrogens with one attached hydrogen (secondary N) is 1. The zero-order valence-corrected chi connectivity index (χ0v) is 18.3. The number of rotatable bonds is 7. The molecule has 0 bridgehead atoms. The molecule has 0 aliphatic rings. The van der Waals surface area contributed by atoms with Gasteiger partial charge in [-0.2, -0.15) is 5.10 Å². The number of hydrogen-bond acceptors (Lipinski definition) is 5. The van der Waals surface area contributed by atoms with Crippen LogP contribution in [0.4, 0.5) is 0 Å². The molecule has 0 fully saturated rings. The lowest BCUT2D eigenvalue weighted by Gasteiger charge is -2.19. The first-order chi connectivity index (χ1) is 14.8. The Bertz CT molecular complexity index is 1160. The Labute approximate surface area is 185 Å². The van der Waals surface area contributed by atoms with Gasteiger partial charge in [-0.3, -0.25) is 14.4 Å². The second kappa shape index (κ2) is 9.75. The minimum Gasteiger partial charge on any atom is -0.469 e. The van der Waals surface area contributed by atoms with Gasteiger partial charge < -0.3 is 10.1 Å². The number of halogens is 1. The van der Waals surface area contributed by atoms with E-state index in [1.54, 1.807) is 48.5 Å². The number of carbonyl (C=O) groups excluding carboxylic acids is 2. The van der Waals surface area contributed by atoms with Crippen LogP contribution in [0.25, 0.3) is 10.8 Å². The summed E-state index contributed by atoms with van der Waals surface area (Å²) in [5.41, 5.74) is 0.576.